The monoisotopic (exact) mass is 433 g/mol. The Morgan fingerprint density at radius 1 is 1.00 bits per heavy atom. The number of halogens is 4. The van der Waals surface area contributed by atoms with Gasteiger partial charge in [0.25, 0.3) is 5.91 Å². The minimum atomic E-state index is -4.54. The molecule has 0 fully saturated rings. The highest BCUT2D eigenvalue weighted by atomic mass is 19.4. The number of aromatic nitrogens is 2. The number of aliphatic hydroxyl groups is 1. The van der Waals surface area contributed by atoms with E-state index in [0.29, 0.717) is 22.4 Å². The highest BCUT2D eigenvalue weighted by Crippen LogP contribution is 2.28. The van der Waals surface area contributed by atoms with Gasteiger partial charge in [0.05, 0.1) is 24.0 Å². The standard InChI is InChI=1S/C22H19F4N3O2/c1-12(14-3-6-20(28-10-14)22(24,25)26)29-21(31)17-8-15(13(2)30)7-16(9-17)19-5-4-18(23)11-27-19/h3-13,30H,1-2H3,(H,29,31)/t12-,13?/m1/s1. The largest absolute Gasteiger partial charge is 0.433 e. The predicted octanol–water partition coefficient (Wildman–Crippen LogP) is 4.85. The lowest BCUT2D eigenvalue weighted by atomic mass is 9.99. The van der Waals surface area contributed by atoms with Gasteiger partial charge in [-0.1, -0.05) is 6.07 Å². The summed E-state index contributed by atoms with van der Waals surface area (Å²) in [5.74, 6) is -1.01. The number of nitrogens with zero attached hydrogens (tertiary/aromatic N) is 2. The van der Waals surface area contributed by atoms with E-state index < -0.39 is 35.7 Å². The molecule has 0 aliphatic heterocycles. The molecule has 0 aliphatic rings. The number of hydrogen-bond donors (Lipinski definition) is 2. The third-order valence-corrected chi connectivity index (χ3v) is 4.65. The number of amides is 1. The maximum atomic E-state index is 13.2. The van der Waals surface area contributed by atoms with Gasteiger partial charge in [-0.15, -0.1) is 0 Å². The first-order chi connectivity index (χ1) is 14.5. The summed E-state index contributed by atoms with van der Waals surface area (Å²) in [5.41, 5.74) is 0.971. The summed E-state index contributed by atoms with van der Waals surface area (Å²) in [4.78, 5) is 20.2. The van der Waals surface area contributed by atoms with E-state index in [-0.39, 0.29) is 5.56 Å². The second-order valence-electron chi connectivity index (χ2n) is 7.05. The molecule has 0 aliphatic carbocycles. The summed E-state index contributed by atoms with van der Waals surface area (Å²) in [5, 5.41) is 12.7. The zero-order valence-corrected chi connectivity index (χ0v) is 16.6. The van der Waals surface area contributed by atoms with Crippen molar-refractivity contribution in [2.24, 2.45) is 0 Å². The van der Waals surface area contributed by atoms with E-state index in [1.165, 1.54) is 31.2 Å². The number of aliphatic hydroxyl groups excluding tert-OH is 1. The first kappa shape index (κ1) is 22.4. The first-order valence-corrected chi connectivity index (χ1v) is 9.33. The molecule has 2 atom stereocenters. The Hall–Kier alpha value is -3.33. The Morgan fingerprint density at radius 3 is 2.29 bits per heavy atom. The van der Waals surface area contributed by atoms with E-state index in [2.05, 4.69) is 15.3 Å². The average Bonchev–Trinajstić information content (AvgIpc) is 2.73. The van der Waals surface area contributed by atoms with E-state index in [9.17, 15) is 27.5 Å². The maximum Gasteiger partial charge on any atom is 0.433 e. The lowest BCUT2D eigenvalue weighted by Gasteiger charge is -2.16. The minimum absolute atomic E-state index is 0.214. The molecule has 1 unspecified atom stereocenters. The number of alkyl halides is 3. The van der Waals surface area contributed by atoms with Crippen molar-refractivity contribution in [2.45, 2.75) is 32.2 Å². The molecule has 3 aromatic rings. The van der Waals surface area contributed by atoms with Crippen LogP contribution in [0.15, 0.2) is 54.9 Å². The molecular formula is C22H19F4N3O2. The van der Waals surface area contributed by atoms with E-state index in [1.807, 2.05) is 0 Å². The van der Waals surface area contributed by atoms with Crippen LogP contribution in [0.25, 0.3) is 11.3 Å². The van der Waals surface area contributed by atoms with Gasteiger partial charge in [0.2, 0.25) is 0 Å². The topological polar surface area (TPSA) is 75.1 Å². The van der Waals surface area contributed by atoms with E-state index >= 15 is 0 Å². The zero-order chi connectivity index (χ0) is 22.8. The molecule has 0 radical (unpaired) electrons. The predicted molar refractivity (Wildman–Crippen MR) is 105 cm³/mol. The molecule has 1 aromatic carbocycles. The number of nitrogens with one attached hydrogen (secondary N) is 1. The van der Waals surface area contributed by atoms with Crippen LogP contribution in [0.5, 0.6) is 0 Å². The molecule has 3 rings (SSSR count). The van der Waals surface area contributed by atoms with Gasteiger partial charge in [0.1, 0.15) is 11.5 Å². The summed E-state index contributed by atoms with van der Waals surface area (Å²) in [6.45, 7) is 3.15. The van der Waals surface area contributed by atoms with E-state index in [0.717, 1.165) is 18.5 Å². The molecule has 2 aromatic heterocycles. The fourth-order valence-electron chi connectivity index (χ4n) is 2.91. The van der Waals surface area contributed by atoms with E-state index in [4.69, 9.17) is 0 Å². The number of hydrogen-bond acceptors (Lipinski definition) is 4. The maximum absolute atomic E-state index is 13.2. The summed E-state index contributed by atoms with van der Waals surface area (Å²) in [6, 6.07) is 8.86. The molecule has 31 heavy (non-hydrogen) atoms. The highest BCUT2D eigenvalue weighted by molar-refractivity contribution is 5.96. The van der Waals surface area contributed by atoms with Crippen LogP contribution in [0.4, 0.5) is 17.6 Å². The summed E-state index contributed by atoms with van der Waals surface area (Å²) >= 11 is 0. The lowest BCUT2D eigenvalue weighted by Crippen LogP contribution is -2.27. The van der Waals surface area contributed by atoms with Gasteiger partial charge >= 0.3 is 6.18 Å². The molecule has 1 amide bonds. The highest BCUT2D eigenvalue weighted by Gasteiger charge is 2.32. The molecule has 0 bridgehead atoms. The van der Waals surface area contributed by atoms with Gasteiger partial charge in [-0.25, -0.2) is 4.39 Å². The van der Waals surface area contributed by atoms with Crippen LogP contribution in [-0.4, -0.2) is 21.0 Å². The van der Waals surface area contributed by atoms with Crippen molar-refractivity contribution in [3.63, 3.8) is 0 Å². The Balaban J connectivity index is 1.85. The number of pyridine rings is 2. The number of rotatable bonds is 5. The van der Waals surface area contributed by atoms with Crippen LogP contribution in [0, 0.1) is 5.82 Å². The van der Waals surface area contributed by atoms with Crippen LogP contribution in [0.2, 0.25) is 0 Å². The third-order valence-electron chi connectivity index (χ3n) is 4.65. The van der Waals surface area contributed by atoms with Crippen molar-refractivity contribution in [3.8, 4) is 11.3 Å². The fourth-order valence-corrected chi connectivity index (χ4v) is 2.91. The van der Waals surface area contributed by atoms with Gasteiger partial charge < -0.3 is 10.4 Å². The Labute approximate surface area is 175 Å². The molecule has 0 spiro atoms. The molecule has 2 heterocycles. The lowest BCUT2D eigenvalue weighted by molar-refractivity contribution is -0.141. The zero-order valence-electron chi connectivity index (χ0n) is 16.6. The molecule has 0 saturated carbocycles. The second-order valence-corrected chi connectivity index (χ2v) is 7.05. The van der Waals surface area contributed by atoms with Gasteiger partial charge in [0, 0.05) is 17.3 Å². The van der Waals surface area contributed by atoms with Crippen LogP contribution in [0.1, 0.15) is 53.2 Å². The fraction of sp³-hybridized carbons (Fsp3) is 0.227. The normalized spacial score (nSPS) is 13.5. The summed E-state index contributed by atoms with van der Waals surface area (Å²) in [7, 11) is 0. The number of benzene rings is 1. The average molecular weight is 433 g/mol. The second kappa shape index (κ2) is 8.81. The van der Waals surface area contributed by atoms with Gasteiger partial charge in [-0.3, -0.25) is 14.8 Å². The summed E-state index contributed by atoms with van der Waals surface area (Å²) in [6.07, 6.45) is -3.31. The smallest absolute Gasteiger partial charge is 0.389 e. The van der Waals surface area contributed by atoms with Crippen molar-refractivity contribution >= 4 is 5.91 Å². The van der Waals surface area contributed by atoms with Crippen LogP contribution in [0.3, 0.4) is 0 Å². The molecule has 5 nitrogen and oxygen atoms in total. The molecule has 0 saturated heterocycles. The number of carbonyl (C=O) groups excluding carboxylic acids is 1. The third kappa shape index (κ3) is 5.43. The van der Waals surface area contributed by atoms with Crippen molar-refractivity contribution in [1.29, 1.82) is 0 Å². The van der Waals surface area contributed by atoms with Gasteiger partial charge in [-0.05, 0) is 61.4 Å². The molecule has 162 valence electrons. The van der Waals surface area contributed by atoms with Crippen molar-refractivity contribution < 1.29 is 27.5 Å². The van der Waals surface area contributed by atoms with Crippen molar-refractivity contribution in [2.75, 3.05) is 0 Å². The first-order valence-electron chi connectivity index (χ1n) is 9.33. The molecule has 2 N–H and O–H groups in total. The minimum Gasteiger partial charge on any atom is -0.389 e. The Morgan fingerprint density at radius 2 is 1.74 bits per heavy atom. The van der Waals surface area contributed by atoms with Crippen LogP contribution >= 0.6 is 0 Å². The molecular weight excluding hydrogens is 414 g/mol. The van der Waals surface area contributed by atoms with Crippen LogP contribution < -0.4 is 5.32 Å². The van der Waals surface area contributed by atoms with Gasteiger partial charge in [-0.2, -0.15) is 13.2 Å². The van der Waals surface area contributed by atoms with Crippen molar-refractivity contribution in [3.05, 3.63) is 83.1 Å². The van der Waals surface area contributed by atoms with Gasteiger partial charge in [0.15, 0.2) is 0 Å². The number of carbonyl (C=O) groups is 1. The quantitative estimate of drug-likeness (QED) is 0.565. The van der Waals surface area contributed by atoms with E-state index in [1.54, 1.807) is 19.1 Å². The van der Waals surface area contributed by atoms with Crippen molar-refractivity contribution in [1.82, 2.24) is 15.3 Å². The summed E-state index contributed by atoms with van der Waals surface area (Å²) < 4.78 is 51.2. The van der Waals surface area contributed by atoms with Crippen LogP contribution in [-0.2, 0) is 6.18 Å². The Kier molecular flexibility index (Phi) is 6.35. The Bertz CT molecular complexity index is 1070. The SMILES string of the molecule is CC(O)c1cc(C(=O)N[C@H](C)c2ccc(C(F)(F)F)nc2)cc(-c2ccc(F)cn2)c1. The molecule has 9 heteroatoms.